The minimum absolute atomic E-state index is 0.388. The molecule has 1 aromatic carbocycles. The van der Waals surface area contributed by atoms with E-state index >= 15 is 0 Å². The highest BCUT2D eigenvalue weighted by Crippen LogP contribution is 2.18. The van der Waals surface area contributed by atoms with Crippen LogP contribution in [0.15, 0.2) is 48.7 Å². The second-order valence-electron chi connectivity index (χ2n) is 3.94. The van der Waals surface area contributed by atoms with E-state index in [2.05, 4.69) is 9.97 Å². The van der Waals surface area contributed by atoms with Crippen LogP contribution in [-0.4, -0.2) is 15.7 Å². The van der Waals surface area contributed by atoms with Crippen molar-refractivity contribution in [1.82, 2.24) is 9.97 Å². The molecule has 1 heterocycles. The Hall–Kier alpha value is -1.62. The zero-order chi connectivity index (χ0) is 13.5. The van der Waals surface area contributed by atoms with E-state index in [4.69, 9.17) is 0 Å². The van der Waals surface area contributed by atoms with Crippen LogP contribution in [0.5, 0.6) is 0 Å². The largest absolute Gasteiger partial charge is 0.341 e. The molecule has 0 aliphatic carbocycles. The molecule has 0 aliphatic rings. The lowest BCUT2D eigenvalue weighted by Crippen LogP contribution is -1.86. The van der Waals surface area contributed by atoms with Crippen molar-refractivity contribution in [2.45, 2.75) is 12.2 Å². The van der Waals surface area contributed by atoms with Crippen LogP contribution in [0.1, 0.15) is 12.2 Å². The number of H-pyrrole nitrogens is 1. The van der Waals surface area contributed by atoms with E-state index in [-0.39, 0.29) is 0 Å². The van der Waals surface area contributed by atoms with Gasteiger partial charge in [-0.3, -0.25) is 0 Å². The number of thioether (sulfide) groups is 1. The van der Waals surface area contributed by atoms with Gasteiger partial charge in [-0.2, -0.15) is 20.5 Å². The fourth-order valence-electron chi connectivity index (χ4n) is 1.62. The normalized spacial score (nSPS) is 10.4. The Morgan fingerprint density at radius 3 is 2.79 bits per heavy atom. The van der Waals surface area contributed by atoms with Gasteiger partial charge in [0.1, 0.15) is 5.82 Å². The fraction of sp³-hybridized carbons (Fsp3) is 0.214. The van der Waals surface area contributed by atoms with Crippen LogP contribution in [-0.2, 0) is 5.75 Å². The molecule has 0 amide bonds. The molecule has 5 heteroatoms. The average molecular weight is 280 g/mol. The second-order valence-corrected chi connectivity index (χ2v) is 5.05. The number of benzene rings is 1. The number of halogens is 2. The summed E-state index contributed by atoms with van der Waals surface area (Å²) in [6.07, 6.45) is 1.53. The standard InChI is InChI=1S/C14H14F2N2S/c15-13(16)7-4-8-19-10-14-17-9-12(18-14)11-5-2-1-3-6-11/h1-3,5-7,9H,4,8,10H2,(H,17,18). The lowest BCUT2D eigenvalue weighted by atomic mass is 10.2. The summed E-state index contributed by atoms with van der Waals surface area (Å²) < 4.78 is 23.6. The number of rotatable bonds is 6. The third-order valence-corrected chi connectivity index (χ3v) is 3.51. The highest BCUT2D eigenvalue weighted by molar-refractivity contribution is 7.98. The van der Waals surface area contributed by atoms with Crippen LogP contribution in [0.25, 0.3) is 11.3 Å². The highest BCUT2D eigenvalue weighted by atomic mass is 32.2. The number of aromatic amines is 1. The summed E-state index contributed by atoms with van der Waals surface area (Å²) in [5, 5.41) is 0. The van der Waals surface area contributed by atoms with E-state index in [1.807, 2.05) is 30.3 Å². The Morgan fingerprint density at radius 1 is 1.26 bits per heavy atom. The molecule has 1 N–H and O–H groups in total. The lowest BCUT2D eigenvalue weighted by Gasteiger charge is -1.97. The van der Waals surface area contributed by atoms with Gasteiger partial charge in [0, 0.05) is 0 Å². The third-order valence-electron chi connectivity index (χ3n) is 2.51. The maximum Gasteiger partial charge on any atom is 0.266 e. The quantitative estimate of drug-likeness (QED) is 0.790. The summed E-state index contributed by atoms with van der Waals surface area (Å²) in [4.78, 5) is 7.52. The average Bonchev–Trinajstić information content (AvgIpc) is 2.88. The first kappa shape index (κ1) is 13.8. The second kappa shape index (κ2) is 7.09. The van der Waals surface area contributed by atoms with Gasteiger partial charge in [0.15, 0.2) is 0 Å². The summed E-state index contributed by atoms with van der Waals surface area (Å²) in [7, 11) is 0. The Bertz CT molecular complexity index is 533. The van der Waals surface area contributed by atoms with Crippen LogP contribution >= 0.6 is 11.8 Å². The molecule has 1 aromatic heterocycles. The van der Waals surface area contributed by atoms with Gasteiger partial charge in [0.05, 0.1) is 17.6 Å². The summed E-state index contributed by atoms with van der Waals surface area (Å²) in [6, 6.07) is 9.94. The molecule has 19 heavy (non-hydrogen) atoms. The molecule has 100 valence electrons. The molecular weight excluding hydrogens is 266 g/mol. The molecule has 0 spiro atoms. The number of hydrogen-bond donors (Lipinski definition) is 1. The Labute approximate surface area is 115 Å². The van der Waals surface area contributed by atoms with Gasteiger partial charge >= 0.3 is 0 Å². The molecule has 2 nitrogen and oxygen atoms in total. The molecule has 0 saturated carbocycles. The van der Waals surface area contributed by atoms with Gasteiger partial charge in [-0.15, -0.1) is 0 Å². The predicted octanol–water partition coefficient (Wildman–Crippen LogP) is 4.48. The van der Waals surface area contributed by atoms with Crippen molar-refractivity contribution in [2.75, 3.05) is 5.75 Å². The van der Waals surface area contributed by atoms with Gasteiger partial charge in [0.2, 0.25) is 0 Å². The monoisotopic (exact) mass is 280 g/mol. The van der Waals surface area contributed by atoms with Crippen molar-refractivity contribution in [3.8, 4) is 11.3 Å². The first-order valence-electron chi connectivity index (χ1n) is 5.94. The van der Waals surface area contributed by atoms with Crippen LogP contribution in [0.2, 0.25) is 0 Å². The minimum atomic E-state index is -1.61. The van der Waals surface area contributed by atoms with Crippen molar-refractivity contribution < 1.29 is 8.78 Å². The van der Waals surface area contributed by atoms with Crippen LogP contribution < -0.4 is 0 Å². The van der Waals surface area contributed by atoms with E-state index in [1.54, 1.807) is 18.0 Å². The summed E-state index contributed by atoms with van der Waals surface area (Å²) in [5.74, 6) is 2.24. The SMILES string of the molecule is FC(F)=CCCSCc1ncc(-c2ccccc2)[nH]1. The highest BCUT2D eigenvalue weighted by Gasteiger charge is 2.02. The Kier molecular flexibility index (Phi) is 5.15. The zero-order valence-electron chi connectivity index (χ0n) is 10.3. The fourth-order valence-corrected chi connectivity index (χ4v) is 2.39. The van der Waals surface area contributed by atoms with E-state index in [1.165, 1.54) is 0 Å². The van der Waals surface area contributed by atoms with Gasteiger partial charge in [-0.25, -0.2) is 4.98 Å². The smallest absolute Gasteiger partial charge is 0.266 e. The Balaban J connectivity index is 1.83. The number of hydrogen-bond acceptors (Lipinski definition) is 2. The first-order valence-corrected chi connectivity index (χ1v) is 7.09. The molecule has 0 unspecified atom stereocenters. The number of aromatic nitrogens is 2. The van der Waals surface area contributed by atoms with E-state index in [0.29, 0.717) is 17.9 Å². The third kappa shape index (κ3) is 4.52. The molecule has 2 rings (SSSR count). The van der Waals surface area contributed by atoms with Gasteiger partial charge in [0.25, 0.3) is 6.08 Å². The van der Waals surface area contributed by atoms with Crippen molar-refractivity contribution in [2.24, 2.45) is 0 Å². The number of imidazole rings is 1. The molecule has 0 radical (unpaired) electrons. The molecule has 0 bridgehead atoms. The van der Waals surface area contributed by atoms with Gasteiger partial charge < -0.3 is 4.98 Å². The van der Waals surface area contributed by atoms with Crippen molar-refractivity contribution in [3.05, 3.63) is 54.5 Å². The van der Waals surface area contributed by atoms with Crippen LogP contribution in [0.3, 0.4) is 0 Å². The van der Waals surface area contributed by atoms with Crippen LogP contribution in [0.4, 0.5) is 8.78 Å². The van der Waals surface area contributed by atoms with E-state index in [9.17, 15) is 8.78 Å². The minimum Gasteiger partial charge on any atom is -0.341 e. The lowest BCUT2D eigenvalue weighted by molar-refractivity contribution is 0.418. The number of nitrogens with zero attached hydrogens (tertiary/aromatic N) is 1. The summed E-state index contributed by atoms with van der Waals surface area (Å²) in [5.41, 5.74) is 2.07. The molecule has 0 aliphatic heterocycles. The molecule has 0 atom stereocenters. The Morgan fingerprint density at radius 2 is 2.05 bits per heavy atom. The van der Waals surface area contributed by atoms with Crippen molar-refractivity contribution in [1.29, 1.82) is 0 Å². The van der Waals surface area contributed by atoms with Gasteiger partial charge in [-0.05, 0) is 23.8 Å². The predicted molar refractivity (Wildman–Crippen MR) is 75.1 cm³/mol. The van der Waals surface area contributed by atoms with E-state index in [0.717, 1.165) is 23.2 Å². The van der Waals surface area contributed by atoms with Crippen molar-refractivity contribution >= 4 is 11.8 Å². The molecule has 0 saturated heterocycles. The topological polar surface area (TPSA) is 28.7 Å². The number of nitrogens with one attached hydrogen (secondary N) is 1. The maximum atomic E-state index is 11.8. The van der Waals surface area contributed by atoms with Crippen molar-refractivity contribution in [3.63, 3.8) is 0 Å². The first-order chi connectivity index (χ1) is 9.25. The van der Waals surface area contributed by atoms with Crippen LogP contribution in [0, 0.1) is 0 Å². The zero-order valence-corrected chi connectivity index (χ0v) is 11.1. The molecule has 2 aromatic rings. The molecular formula is C14H14F2N2S. The summed E-state index contributed by atoms with van der Waals surface area (Å²) in [6.45, 7) is 0. The van der Waals surface area contributed by atoms with E-state index < -0.39 is 6.08 Å². The maximum absolute atomic E-state index is 11.8. The van der Waals surface area contributed by atoms with Gasteiger partial charge in [-0.1, -0.05) is 30.3 Å². The molecule has 0 fully saturated rings. The summed E-state index contributed by atoms with van der Waals surface area (Å²) >= 11 is 1.59. The number of allylic oxidation sites excluding steroid dienone is 1.